The van der Waals surface area contributed by atoms with E-state index in [2.05, 4.69) is 25.2 Å². The van der Waals surface area contributed by atoms with Crippen LogP contribution in [0.15, 0.2) is 11.8 Å². The van der Waals surface area contributed by atoms with Crippen molar-refractivity contribution in [2.24, 2.45) is 11.3 Å². The van der Waals surface area contributed by atoms with Crippen molar-refractivity contribution in [3.05, 3.63) is 11.8 Å². The molecule has 1 aliphatic carbocycles. The average Bonchev–Trinajstić information content (AvgIpc) is 2.27. The Morgan fingerprint density at radius 1 is 1.54 bits per heavy atom. The molecule has 0 amide bonds. The summed E-state index contributed by atoms with van der Waals surface area (Å²) >= 11 is 0. The Balaban J connectivity index is 2.21. The molecule has 1 fully saturated rings. The maximum absolute atomic E-state index is 11.8. The van der Waals surface area contributed by atoms with Gasteiger partial charge in [-0.1, -0.05) is 19.9 Å². The van der Waals surface area contributed by atoms with Gasteiger partial charge in [-0.3, -0.25) is 4.79 Å². The number of hydrogen-bond donors (Lipinski definition) is 1. The van der Waals surface area contributed by atoms with E-state index in [1.807, 2.05) is 6.92 Å². The van der Waals surface area contributed by atoms with Gasteiger partial charge in [-0.25, -0.2) is 0 Å². The van der Waals surface area contributed by atoms with Gasteiger partial charge in [0, 0.05) is 18.2 Å². The summed E-state index contributed by atoms with van der Waals surface area (Å²) in [6.07, 6.45) is 3.93. The van der Waals surface area contributed by atoms with Crippen molar-refractivity contribution in [3.63, 3.8) is 0 Å². The first-order valence-electron chi connectivity index (χ1n) is 4.96. The van der Waals surface area contributed by atoms with E-state index in [-0.39, 0.29) is 11.3 Å². The molecule has 0 spiro atoms. The molecular weight excluding hydrogens is 162 g/mol. The molecule has 72 valence electrons. The van der Waals surface area contributed by atoms with E-state index in [4.69, 9.17) is 0 Å². The number of hydrogen-bond acceptors (Lipinski definition) is 2. The summed E-state index contributed by atoms with van der Waals surface area (Å²) in [7, 11) is 0. The van der Waals surface area contributed by atoms with Gasteiger partial charge >= 0.3 is 0 Å². The number of fused-ring (bicyclic) bond motifs is 1. The van der Waals surface area contributed by atoms with Crippen LogP contribution in [0.25, 0.3) is 0 Å². The maximum atomic E-state index is 11.8. The molecule has 1 saturated carbocycles. The Morgan fingerprint density at radius 2 is 2.23 bits per heavy atom. The Bertz CT molecular complexity index is 278. The van der Waals surface area contributed by atoms with Gasteiger partial charge in [-0.15, -0.1) is 0 Å². The van der Waals surface area contributed by atoms with Gasteiger partial charge < -0.3 is 5.32 Å². The van der Waals surface area contributed by atoms with Crippen LogP contribution in [0, 0.1) is 11.3 Å². The van der Waals surface area contributed by atoms with Gasteiger partial charge in [-0.2, -0.15) is 0 Å². The maximum Gasteiger partial charge on any atom is 0.142 e. The fourth-order valence-corrected chi connectivity index (χ4v) is 2.57. The second-order valence-electron chi connectivity index (χ2n) is 5.14. The normalized spacial score (nSPS) is 36.5. The molecule has 0 bridgehead atoms. The zero-order valence-corrected chi connectivity index (χ0v) is 8.55. The van der Waals surface area contributed by atoms with E-state index < -0.39 is 0 Å². The Morgan fingerprint density at radius 3 is 2.92 bits per heavy atom. The highest BCUT2D eigenvalue weighted by Gasteiger charge is 2.41. The van der Waals surface area contributed by atoms with E-state index in [9.17, 15) is 4.79 Å². The summed E-state index contributed by atoms with van der Waals surface area (Å²) in [4.78, 5) is 11.8. The largest absolute Gasteiger partial charge is 0.385 e. The molecule has 2 unspecified atom stereocenters. The van der Waals surface area contributed by atoms with Crippen LogP contribution in [-0.2, 0) is 4.79 Å². The standard InChI is InChI=1S/C11H17NO/c1-7-4-8-9(12-7)5-11(2,3)6-10(8)13/h4,8-9,12H,5-6H2,1-3H3. The van der Waals surface area contributed by atoms with E-state index >= 15 is 0 Å². The summed E-state index contributed by atoms with van der Waals surface area (Å²) in [5.41, 5.74) is 1.35. The number of ketones is 1. The molecule has 2 heteroatoms. The second kappa shape index (κ2) is 2.60. The predicted octanol–water partition coefficient (Wildman–Crippen LogP) is 1.87. The summed E-state index contributed by atoms with van der Waals surface area (Å²) < 4.78 is 0. The minimum Gasteiger partial charge on any atom is -0.385 e. The van der Waals surface area contributed by atoms with Gasteiger partial charge in [0.2, 0.25) is 0 Å². The molecule has 0 radical (unpaired) electrons. The zero-order valence-electron chi connectivity index (χ0n) is 8.55. The van der Waals surface area contributed by atoms with Gasteiger partial charge in [0.1, 0.15) is 5.78 Å². The summed E-state index contributed by atoms with van der Waals surface area (Å²) in [6, 6.07) is 0.372. The minimum absolute atomic E-state index is 0.160. The van der Waals surface area contributed by atoms with Crippen LogP contribution >= 0.6 is 0 Å². The highest BCUT2D eigenvalue weighted by Crippen LogP contribution is 2.39. The highest BCUT2D eigenvalue weighted by atomic mass is 16.1. The van der Waals surface area contributed by atoms with Crippen molar-refractivity contribution < 1.29 is 4.79 Å². The summed E-state index contributed by atoms with van der Waals surface area (Å²) in [6.45, 7) is 6.39. The smallest absolute Gasteiger partial charge is 0.142 e. The molecule has 1 N–H and O–H groups in total. The number of carbonyl (C=O) groups excluding carboxylic acids is 1. The van der Waals surface area contributed by atoms with Gasteiger partial charge in [0.05, 0.1) is 5.92 Å². The molecule has 1 heterocycles. The Hall–Kier alpha value is -0.790. The van der Waals surface area contributed by atoms with E-state index in [1.165, 1.54) is 5.70 Å². The van der Waals surface area contributed by atoms with Gasteiger partial charge in [0.25, 0.3) is 0 Å². The lowest BCUT2D eigenvalue weighted by molar-refractivity contribution is -0.126. The molecule has 2 atom stereocenters. The third-order valence-electron chi connectivity index (χ3n) is 3.07. The lowest BCUT2D eigenvalue weighted by atomic mass is 9.70. The van der Waals surface area contributed by atoms with Crippen molar-refractivity contribution in [1.82, 2.24) is 5.32 Å². The molecule has 2 aliphatic rings. The average molecular weight is 179 g/mol. The van der Waals surface area contributed by atoms with Crippen LogP contribution in [0.4, 0.5) is 0 Å². The van der Waals surface area contributed by atoms with Crippen LogP contribution in [-0.4, -0.2) is 11.8 Å². The minimum atomic E-state index is 0.160. The van der Waals surface area contributed by atoms with Crippen molar-refractivity contribution in [2.45, 2.75) is 39.7 Å². The number of allylic oxidation sites excluding steroid dienone is 1. The van der Waals surface area contributed by atoms with Crippen molar-refractivity contribution in [3.8, 4) is 0 Å². The zero-order chi connectivity index (χ0) is 9.64. The molecule has 1 aliphatic heterocycles. The van der Waals surface area contributed by atoms with Crippen LogP contribution in [0.2, 0.25) is 0 Å². The quantitative estimate of drug-likeness (QED) is 0.615. The third-order valence-corrected chi connectivity index (χ3v) is 3.07. The van der Waals surface area contributed by atoms with Crippen molar-refractivity contribution in [2.75, 3.05) is 0 Å². The fraction of sp³-hybridized carbons (Fsp3) is 0.727. The van der Waals surface area contributed by atoms with Crippen LogP contribution in [0.1, 0.15) is 33.6 Å². The van der Waals surface area contributed by atoms with Crippen LogP contribution in [0.5, 0.6) is 0 Å². The Kier molecular flexibility index (Phi) is 1.76. The van der Waals surface area contributed by atoms with Crippen molar-refractivity contribution in [1.29, 1.82) is 0 Å². The SMILES string of the molecule is CC1=CC2C(=O)CC(C)(C)CC2N1. The fourth-order valence-electron chi connectivity index (χ4n) is 2.57. The number of carbonyl (C=O) groups is 1. The molecule has 0 aromatic rings. The molecule has 0 aromatic heterocycles. The highest BCUT2D eigenvalue weighted by molar-refractivity contribution is 5.85. The lowest BCUT2D eigenvalue weighted by Crippen LogP contribution is -2.43. The first kappa shape index (κ1) is 8.79. The predicted molar refractivity (Wildman–Crippen MR) is 52.2 cm³/mol. The first-order chi connectivity index (χ1) is 5.98. The molecule has 0 saturated heterocycles. The van der Waals surface area contributed by atoms with Crippen LogP contribution < -0.4 is 5.32 Å². The van der Waals surface area contributed by atoms with Crippen LogP contribution in [0.3, 0.4) is 0 Å². The van der Waals surface area contributed by atoms with Crippen molar-refractivity contribution >= 4 is 5.78 Å². The lowest BCUT2D eigenvalue weighted by Gasteiger charge is -2.36. The van der Waals surface area contributed by atoms with Gasteiger partial charge in [0.15, 0.2) is 0 Å². The Labute approximate surface area is 79.4 Å². The number of nitrogens with one attached hydrogen (secondary N) is 1. The second-order valence-corrected chi connectivity index (χ2v) is 5.14. The number of Topliss-reactive ketones (excluding diaryl/α,β-unsaturated/α-hetero) is 1. The van der Waals surface area contributed by atoms with E-state index in [0.717, 1.165) is 12.8 Å². The summed E-state index contributed by atoms with van der Waals surface area (Å²) in [5, 5.41) is 3.38. The molecule has 2 nitrogen and oxygen atoms in total. The first-order valence-corrected chi connectivity index (χ1v) is 4.96. The van der Waals surface area contributed by atoms with E-state index in [0.29, 0.717) is 11.8 Å². The topological polar surface area (TPSA) is 29.1 Å². The molecule has 2 rings (SSSR count). The molecule has 0 aromatic carbocycles. The molecular formula is C11H17NO. The van der Waals surface area contributed by atoms with Gasteiger partial charge in [-0.05, 0) is 18.8 Å². The number of rotatable bonds is 0. The van der Waals surface area contributed by atoms with E-state index in [1.54, 1.807) is 0 Å². The third kappa shape index (κ3) is 1.50. The monoisotopic (exact) mass is 179 g/mol. The summed E-state index contributed by atoms with van der Waals surface area (Å²) in [5.74, 6) is 0.568. The molecule has 13 heavy (non-hydrogen) atoms.